The minimum Gasteiger partial charge on any atom is -0.332 e. The van der Waals surface area contributed by atoms with Gasteiger partial charge in [-0.05, 0) is 50.6 Å². The number of hydrogen-bond acceptors (Lipinski definition) is 3. The lowest BCUT2D eigenvalue weighted by Gasteiger charge is -2.40. The lowest BCUT2D eigenvalue weighted by Crippen LogP contribution is -2.54. The maximum atomic E-state index is 13.6. The Morgan fingerprint density at radius 2 is 1.96 bits per heavy atom. The highest BCUT2D eigenvalue weighted by atomic mass is 19.1. The Bertz CT molecular complexity index is 557. The van der Waals surface area contributed by atoms with Crippen LogP contribution in [0.4, 0.5) is 4.39 Å². The molecule has 1 aromatic rings. The fourth-order valence-corrected chi connectivity index (χ4v) is 3.86. The molecule has 2 heterocycles. The van der Waals surface area contributed by atoms with Crippen molar-refractivity contribution in [1.29, 1.82) is 0 Å². The fraction of sp³-hybridized carbons (Fsp3) is 0.632. The van der Waals surface area contributed by atoms with Gasteiger partial charge in [-0.25, -0.2) is 4.39 Å². The number of hydrogen-bond donors (Lipinski definition) is 1. The highest BCUT2D eigenvalue weighted by molar-refractivity contribution is 5.82. The molecule has 0 aromatic heterocycles. The number of carbonyl (C=O) groups excluding carboxylic acids is 1. The zero-order valence-corrected chi connectivity index (χ0v) is 14.5. The van der Waals surface area contributed by atoms with Crippen molar-refractivity contribution in [1.82, 2.24) is 15.1 Å². The summed E-state index contributed by atoms with van der Waals surface area (Å²) in [4.78, 5) is 17.4. The van der Waals surface area contributed by atoms with E-state index in [1.807, 2.05) is 17.9 Å². The molecule has 132 valence electrons. The molecule has 2 fully saturated rings. The number of likely N-dealkylation sites (tertiary alicyclic amines) is 1. The Morgan fingerprint density at radius 3 is 2.67 bits per heavy atom. The first kappa shape index (κ1) is 17.4. The van der Waals surface area contributed by atoms with Crippen molar-refractivity contribution in [2.45, 2.75) is 44.7 Å². The number of nitrogens with zero attached hydrogens (tertiary/aromatic N) is 2. The maximum absolute atomic E-state index is 13.6. The minimum atomic E-state index is -0.244. The van der Waals surface area contributed by atoms with E-state index in [1.165, 1.54) is 31.7 Å². The first-order chi connectivity index (χ1) is 11.7. The molecular formula is C19H28FN3O. The largest absolute Gasteiger partial charge is 0.332 e. The van der Waals surface area contributed by atoms with Crippen LogP contribution in [0.1, 0.15) is 44.2 Å². The van der Waals surface area contributed by atoms with Gasteiger partial charge in [0.25, 0.3) is 0 Å². The summed E-state index contributed by atoms with van der Waals surface area (Å²) in [6.07, 6.45) is 4.87. The van der Waals surface area contributed by atoms with Crippen LogP contribution in [0.3, 0.4) is 0 Å². The monoisotopic (exact) mass is 333 g/mol. The van der Waals surface area contributed by atoms with Crippen molar-refractivity contribution in [3.8, 4) is 0 Å². The van der Waals surface area contributed by atoms with Crippen LogP contribution in [0.25, 0.3) is 0 Å². The molecule has 0 radical (unpaired) electrons. The van der Waals surface area contributed by atoms with Gasteiger partial charge in [0.1, 0.15) is 5.82 Å². The van der Waals surface area contributed by atoms with Crippen molar-refractivity contribution < 1.29 is 9.18 Å². The lowest BCUT2D eigenvalue weighted by atomic mass is 10.0. The molecule has 0 saturated carbocycles. The second kappa shape index (κ2) is 8.08. The minimum absolute atomic E-state index is 0.0867. The summed E-state index contributed by atoms with van der Waals surface area (Å²) in [6, 6.07) is 6.45. The molecule has 2 saturated heterocycles. The van der Waals surface area contributed by atoms with Crippen LogP contribution in [0, 0.1) is 5.82 Å². The van der Waals surface area contributed by atoms with Crippen LogP contribution in [-0.4, -0.2) is 54.5 Å². The molecule has 1 amide bonds. The molecule has 2 unspecified atom stereocenters. The summed E-state index contributed by atoms with van der Waals surface area (Å²) < 4.78 is 13.6. The summed E-state index contributed by atoms with van der Waals surface area (Å²) in [6.45, 7) is 6.19. The van der Waals surface area contributed by atoms with E-state index in [0.29, 0.717) is 13.1 Å². The second-order valence-electron chi connectivity index (χ2n) is 6.93. The third-order valence-electron chi connectivity index (χ3n) is 5.31. The van der Waals surface area contributed by atoms with Gasteiger partial charge in [0.05, 0.1) is 12.1 Å². The van der Waals surface area contributed by atoms with Gasteiger partial charge in [-0.2, -0.15) is 0 Å². The molecule has 5 heteroatoms. The number of piperazine rings is 1. The molecule has 3 rings (SSSR count). The maximum Gasteiger partial charge on any atom is 0.240 e. The Labute approximate surface area is 144 Å². The molecule has 2 atom stereocenters. The van der Waals surface area contributed by atoms with Gasteiger partial charge in [-0.3, -0.25) is 9.69 Å². The zero-order valence-electron chi connectivity index (χ0n) is 14.5. The molecule has 0 aliphatic carbocycles. The van der Waals surface area contributed by atoms with Gasteiger partial charge in [0.15, 0.2) is 0 Å². The van der Waals surface area contributed by atoms with Gasteiger partial charge < -0.3 is 10.2 Å². The van der Waals surface area contributed by atoms with Crippen LogP contribution < -0.4 is 5.32 Å². The van der Waals surface area contributed by atoms with Crippen molar-refractivity contribution >= 4 is 5.91 Å². The molecule has 0 spiro atoms. The van der Waals surface area contributed by atoms with Gasteiger partial charge in [0.2, 0.25) is 5.91 Å². The first-order valence-corrected chi connectivity index (χ1v) is 9.17. The molecule has 24 heavy (non-hydrogen) atoms. The molecule has 4 nitrogen and oxygen atoms in total. The third-order valence-corrected chi connectivity index (χ3v) is 5.31. The number of amides is 1. The Balaban J connectivity index is 1.75. The summed E-state index contributed by atoms with van der Waals surface area (Å²) in [5.41, 5.74) is 0.874. The topological polar surface area (TPSA) is 35.6 Å². The number of carbonyl (C=O) groups is 1. The van der Waals surface area contributed by atoms with E-state index in [4.69, 9.17) is 0 Å². The highest BCUT2D eigenvalue weighted by Crippen LogP contribution is 2.25. The molecule has 2 aliphatic rings. The fourth-order valence-electron chi connectivity index (χ4n) is 3.86. The third kappa shape index (κ3) is 3.95. The highest BCUT2D eigenvalue weighted by Gasteiger charge is 2.33. The standard InChI is InChI=1S/C19H28FN3O/c1-15(22-10-4-2-3-5-11-22)19(24)23-12-9-21-14-18(23)16-7-6-8-17(20)13-16/h6-8,13,15,18,21H,2-5,9-12,14H2,1H3. The van der Waals surface area contributed by atoms with Crippen molar-refractivity contribution in [2.75, 3.05) is 32.7 Å². The lowest BCUT2D eigenvalue weighted by molar-refractivity contribution is -0.139. The Morgan fingerprint density at radius 1 is 1.21 bits per heavy atom. The number of benzene rings is 1. The van der Waals surface area contributed by atoms with Crippen LogP contribution in [-0.2, 0) is 4.79 Å². The molecule has 1 aromatic carbocycles. The first-order valence-electron chi connectivity index (χ1n) is 9.17. The Hall–Kier alpha value is -1.46. The van der Waals surface area contributed by atoms with Gasteiger partial charge in [-0.1, -0.05) is 25.0 Å². The molecule has 2 aliphatic heterocycles. The normalized spacial score (nSPS) is 24.4. The van der Waals surface area contributed by atoms with E-state index in [0.717, 1.165) is 25.2 Å². The van der Waals surface area contributed by atoms with E-state index < -0.39 is 0 Å². The number of rotatable bonds is 3. The van der Waals surface area contributed by atoms with Crippen LogP contribution in [0.5, 0.6) is 0 Å². The van der Waals surface area contributed by atoms with E-state index in [2.05, 4.69) is 10.2 Å². The molecule has 0 bridgehead atoms. The van der Waals surface area contributed by atoms with Crippen LogP contribution in [0.2, 0.25) is 0 Å². The quantitative estimate of drug-likeness (QED) is 0.923. The number of nitrogens with one attached hydrogen (secondary N) is 1. The van der Waals surface area contributed by atoms with E-state index >= 15 is 0 Å². The van der Waals surface area contributed by atoms with Gasteiger partial charge in [-0.15, -0.1) is 0 Å². The van der Waals surface area contributed by atoms with Crippen molar-refractivity contribution in [2.24, 2.45) is 0 Å². The van der Waals surface area contributed by atoms with E-state index in [9.17, 15) is 9.18 Å². The van der Waals surface area contributed by atoms with Crippen LogP contribution >= 0.6 is 0 Å². The summed E-state index contributed by atoms with van der Waals surface area (Å²) >= 11 is 0. The molecular weight excluding hydrogens is 305 g/mol. The predicted octanol–water partition coefficient (Wildman–Crippen LogP) is 2.56. The van der Waals surface area contributed by atoms with E-state index in [-0.39, 0.29) is 23.8 Å². The van der Waals surface area contributed by atoms with Crippen molar-refractivity contribution in [3.05, 3.63) is 35.6 Å². The van der Waals surface area contributed by atoms with Gasteiger partial charge in [0, 0.05) is 19.6 Å². The van der Waals surface area contributed by atoms with E-state index in [1.54, 1.807) is 12.1 Å². The average Bonchev–Trinajstić information content (AvgIpc) is 2.90. The molecule has 1 N–H and O–H groups in total. The summed E-state index contributed by atoms with van der Waals surface area (Å²) in [7, 11) is 0. The average molecular weight is 333 g/mol. The zero-order chi connectivity index (χ0) is 16.9. The predicted molar refractivity (Wildman–Crippen MR) is 93.2 cm³/mol. The summed E-state index contributed by atoms with van der Waals surface area (Å²) in [5.74, 6) is -0.0706. The SMILES string of the molecule is CC(C(=O)N1CCNCC1c1cccc(F)c1)N1CCCCCC1. The smallest absolute Gasteiger partial charge is 0.240 e. The second-order valence-corrected chi connectivity index (χ2v) is 6.93. The van der Waals surface area contributed by atoms with Crippen LogP contribution in [0.15, 0.2) is 24.3 Å². The Kier molecular flexibility index (Phi) is 5.85. The number of halogens is 1. The van der Waals surface area contributed by atoms with Gasteiger partial charge >= 0.3 is 0 Å². The summed E-state index contributed by atoms with van der Waals surface area (Å²) in [5, 5.41) is 3.34. The van der Waals surface area contributed by atoms with Crippen molar-refractivity contribution in [3.63, 3.8) is 0 Å².